The Bertz CT molecular complexity index is 904. The van der Waals surface area contributed by atoms with Crippen LogP contribution in [0.4, 0.5) is 13.2 Å². The summed E-state index contributed by atoms with van der Waals surface area (Å²) in [5, 5.41) is 10.4. The average Bonchev–Trinajstić information content (AvgIpc) is 2.79. The zero-order valence-corrected chi connectivity index (χ0v) is 17.5. The molecule has 1 aliphatic rings. The highest BCUT2D eigenvalue weighted by atomic mass is 19.4. The van der Waals surface area contributed by atoms with Crippen molar-refractivity contribution in [2.24, 2.45) is 0 Å². The van der Waals surface area contributed by atoms with Gasteiger partial charge in [-0.15, -0.1) is 0 Å². The molecule has 0 unspecified atom stereocenters. The second kappa shape index (κ2) is 11.4. The Hall–Kier alpha value is -3.27. The molecule has 1 heterocycles. The van der Waals surface area contributed by atoms with Crippen molar-refractivity contribution >= 4 is 11.9 Å². The lowest BCUT2D eigenvalue weighted by atomic mass is 9.88. The quantitative estimate of drug-likeness (QED) is 0.665. The van der Waals surface area contributed by atoms with E-state index in [1.807, 2.05) is 18.2 Å². The van der Waals surface area contributed by atoms with Gasteiger partial charge in [0.1, 0.15) is 6.10 Å². The molecule has 0 aromatic heterocycles. The third kappa shape index (κ3) is 6.88. The number of ether oxygens (including phenoxy) is 3. The van der Waals surface area contributed by atoms with Gasteiger partial charge in [-0.1, -0.05) is 30.3 Å². The van der Waals surface area contributed by atoms with Crippen LogP contribution in [0, 0.1) is 0 Å². The summed E-state index contributed by atoms with van der Waals surface area (Å²) in [4.78, 5) is 21.5. The van der Waals surface area contributed by atoms with Crippen LogP contribution in [0.3, 0.4) is 0 Å². The predicted molar refractivity (Wildman–Crippen MR) is 109 cm³/mol. The SMILES string of the molecule is COc1ccc(C(=O)O[C@H]2CNCC[C@@H]2c2ccccc2)cc1OC.O=C(O)C(F)(F)F. The molecule has 32 heavy (non-hydrogen) atoms. The number of nitrogens with one attached hydrogen (secondary N) is 1. The van der Waals surface area contributed by atoms with E-state index in [1.54, 1.807) is 32.4 Å². The zero-order valence-electron chi connectivity index (χ0n) is 17.5. The third-order valence-electron chi connectivity index (χ3n) is 4.77. The summed E-state index contributed by atoms with van der Waals surface area (Å²) >= 11 is 0. The fourth-order valence-corrected chi connectivity index (χ4v) is 3.20. The van der Waals surface area contributed by atoms with Crippen LogP contribution in [0.25, 0.3) is 0 Å². The maximum absolute atomic E-state index is 12.6. The Labute approximate surface area is 183 Å². The lowest BCUT2D eigenvalue weighted by Gasteiger charge is -2.32. The molecule has 1 saturated heterocycles. The Kier molecular flexibility index (Phi) is 8.89. The van der Waals surface area contributed by atoms with Gasteiger partial charge < -0.3 is 24.6 Å². The van der Waals surface area contributed by atoms with Crippen molar-refractivity contribution in [3.8, 4) is 11.5 Å². The largest absolute Gasteiger partial charge is 0.493 e. The van der Waals surface area contributed by atoms with Gasteiger partial charge in [-0.2, -0.15) is 13.2 Å². The van der Waals surface area contributed by atoms with Crippen molar-refractivity contribution < 1.29 is 42.1 Å². The maximum Gasteiger partial charge on any atom is 0.490 e. The minimum Gasteiger partial charge on any atom is -0.493 e. The molecule has 3 rings (SSSR count). The number of hydrogen-bond donors (Lipinski definition) is 2. The molecular formula is C22H24F3NO6. The number of carbonyl (C=O) groups excluding carboxylic acids is 1. The van der Waals surface area contributed by atoms with Crippen LogP contribution in [0.5, 0.6) is 11.5 Å². The Morgan fingerprint density at radius 2 is 1.66 bits per heavy atom. The molecule has 0 spiro atoms. The van der Waals surface area contributed by atoms with E-state index < -0.39 is 12.1 Å². The fraction of sp³-hybridized carbons (Fsp3) is 0.364. The van der Waals surface area contributed by atoms with E-state index in [9.17, 15) is 18.0 Å². The lowest BCUT2D eigenvalue weighted by Crippen LogP contribution is -2.42. The number of carboxylic acid groups (broad SMARTS) is 1. The van der Waals surface area contributed by atoms with E-state index >= 15 is 0 Å². The number of halogens is 3. The van der Waals surface area contributed by atoms with Crippen LogP contribution in [-0.2, 0) is 9.53 Å². The van der Waals surface area contributed by atoms with Gasteiger partial charge in [-0.3, -0.25) is 0 Å². The van der Waals surface area contributed by atoms with Crippen molar-refractivity contribution in [1.29, 1.82) is 0 Å². The Balaban J connectivity index is 0.000000451. The average molecular weight is 455 g/mol. The highest BCUT2D eigenvalue weighted by Gasteiger charge is 2.38. The number of aliphatic carboxylic acids is 1. The number of carbonyl (C=O) groups is 2. The molecule has 2 aromatic rings. The summed E-state index contributed by atoms with van der Waals surface area (Å²) < 4.78 is 48.0. The van der Waals surface area contributed by atoms with E-state index in [1.165, 1.54) is 5.56 Å². The number of hydrogen-bond acceptors (Lipinski definition) is 6. The second-order valence-corrected chi connectivity index (χ2v) is 6.83. The van der Waals surface area contributed by atoms with E-state index in [0.717, 1.165) is 13.0 Å². The van der Waals surface area contributed by atoms with Crippen molar-refractivity contribution in [1.82, 2.24) is 5.32 Å². The molecule has 1 fully saturated rings. The molecule has 10 heteroatoms. The number of piperidine rings is 1. The summed E-state index contributed by atoms with van der Waals surface area (Å²) in [5.41, 5.74) is 1.66. The molecule has 174 valence electrons. The molecule has 0 aliphatic carbocycles. The molecule has 0 saturated carbocycles. The van der Waals surface area contributed by atoms with Crippen molar-refractivity contribution in [2.75, 3.05) is 27.3 Å². The van der Waals surface area contributed by atoms with Crippen molar-refractivity contribution in [2.45, 2.75) is 24.6 Å². The van der Waals surface area contributed by atoms with E-state index in [4.69, 9.17) is 24.1 Å². The number of rotatable bonds is 5. The normalized spacial score (nSPS) is 18.0. The lowest BCUT2D eigenvalue weighted by molar-refractivity contribution is -0.192. The summed E-state index contributed by atoms with van der Waals surface area (Å²) in [6, 6.07) is 15.3. The van der Waals surface area contributed by atoms with Crippen LogP contribution in [0.15, 0.2) is 48.5 Å². The summed E-state index contributed by atoms with van der Waals surface area (Å²) in [5.74, 6) is -1.81. The standard InChI is InChI=1S/C20H23NO4.C2HF3O2/c1-23-17-9-8-15(12-18(17)24-2)20(22)25-19-13-21-11-10-16(19)14-6-4-3-5-7-14;3-2(4,5)1(6)7/h3-9,12,16,19,21H,10-11,13H2,1-2H3;(H,6,7)/t16-,19+;/m1./s1. The summed E-state index contributed by atoms with van der Waals surface area (Å²) in [6.45, 7) is 1.57. The van der Waals surface area contributed by atoms with Crippen LogP contribution < -0.4 is 14.8 Å². The van der Waals surface area contributed by atoms with Gasteiger partial charge in [0.05, 0.1) is 19.8 Å². The molecule has 7 nitrogen and oxygen atoms in total. The predicted octanol–water partition coefficient (Wildman–Crippen LogP) is 3.64. The maximum atomic E-state index is 12.6. The highest BCUT2D eigenvalue weighted by molar-refractivity contribution is 5.90. The van der Waals surface area contributed by atoms with Crippen LogP contribution >= 0.6 is 0 Å². The first-order chi connectivity index (χ1) is 15.2. The van der Waals surface area contributed by atoms with E-state index in [0.29, 0.717) is 23.6 Å². The highest BCUT2D eigenvalue weighted by Crippen LogP contribution is 2.30. The topological polar surface area (TPSA) is 94.1 Å². The van der Waals surface area contributed by atoms with Crippen LogP contribution in [0.2, 0.25) is 0 Å². The molecular weight excluding hydrogens is 431 g/mol. The number of carboxylic acids is 1. The molecule has 2 N–H and O–H groups in total. The molecule has 2 atom stereocenters. The second-order valence-electron chi connectivity index (χ2n) is 6.83. The van der Waals surface area contributed by atoms with Crippen LogP contribution in [0.1, 0.15) is 28.3 Å². The number of alkyl halides is 3. The number of methoxy groups -OCH3 is 2. The van der Waals surface area contributed by atoms with Gasteiger partial charge in [0, 0.05) is 12.5 Å². The molecule has 0 amide bonds. The van der Waals surface area contributed by atoms with Gasteiger partial charge in [0.15, 0.2) is 11.5 Å². The zero-order chi connectivity index (χ0) is 23.7. The van der Waals surface area contributed by atoms with Crippen molar-refractivity contribution in [3.05, 3.63) is 59.7 Å². The first-order valence-electron chi connectivity index (χ1n) is 9.66. The molecule has 2 aromatic carbocycles. The first-order valence-corrected chi connectivity index (χ1v) is 9.66. The molecule has 1 aliphatic heterocycles. The summed E-state index contributed by atoms with van der Waals surface area (Å²) in [6.07, 6.45) is -4.34. The van der Waals surface area contributed by atoms with Crippen molar-refractivity contribution in [3.63, 3.8) is 0 Å². The molecule has 0 radical (unpaired) electrons. The van der Waals surface area contributed by atoms with Gasteiger partial charge >= 0.3 is 18.1 Å². The molecule has 0 bridgehead atoms. The Morgan fingerprint density at radius 1 is 1.03 bits per heavy atom. The van der Waals surface area contributed by atoms with Gasteiger partial charge in [-0.05, 0) is 36.7 Å². The fourth-order valence-electron chi connectivity index (χ4n) is 3.20. The third-order valence-corrected chi connectivity index (χ3v) is 4.77. The minimum atomic E-state index is -5.08. The van der Waals surface area contributed by atoms with Gasteiger partial charge in [0.25, 0.3) is 0 Å². The van der Waals surface area contributed by atoms with Gasteiger partial charge in [-0.25, -0.2) is 9.59 Å². The van der Waals surface area contributed by atoms with E-state index in [-0.39, 0.29) is 18.0 Å². The van der Waals surface area contributed by atoms with Crippen LogP contribution in [-0.4, -0.2) is 56.6 Å². The summed E-state index contributed by atoms with van der Waals surface area (Å²) in [7, 11) is 3.11. The number of esters is 1. The minimum absolute atomic E-state index is 0.197. The first kappa shape index (κ1) is 25.0. The monoisotopic (exact) mass is 455 g/mol. The number of benzene rings is 2. The van der Waals surface area contributed by atoms with E-state index in [2.05, 4.69) is 17.4 Å². The van der Waals surface area contributed by atoms with Gasteiger partial charge in [0.2, 0.25) is 0 Å². The smallest absolute Gasteiger partial charge is 0.490 e. The Morgan fingerprint density at radius 3 is 2.22 bits per heavy atom.